The molecule has 25 heavy (non-hydrogen) atoms. The molecule has 1 aliphatic heterocycles. The second-order valence-electron chi connectivity index (χ2n) is 6.59. The summed E-state index contributed by atoms with van der Waals surface area (Å²) < 4.78 is 7.18. The summed E-state index contributed by atoms with van der Waals surface area (Å²) in [6.07, 6.45) is 6.95. The zero-order valence-corrected chi connectivity index (χ0v) is 15.1. The van der Waals surface area contributed by atoms with E-state index in [1.807, 2.05) is 47.0 Å². The van der Waals surface area contributed by atoms with Crippen molar-refractivity contribution in [2.75, 3.05) is 13.7 Å². The number of urea groups is 1. The Kier molecular flexibility index (Phi) is 5.26. The lowest BCUT2D eigenvalue weighted by Gasteiger charge is -2.34. The number of ether oxygens (including phenoxy) is 1. The van der Waals surface area contributed by atoms with E-state index in [4.69, 9.17) is 4.74 Å². The molecule has 0 aliphatic carbocycles. The van der Waals surface area contributed by atoms with Crippen molar-refractivity contribution in [1.82, 2.24) is 19.8 Å². The number of nitrogens with one attached hydrogen (secondary N) is 1. The van der Waals surface area contributed by atoms with Crippen molar-refractivity contribution < 1.29 is 9.53 Å². The normalized spacial score (nSPS) is 18.7. The molecular weight excluding hydrogens is 316 g/mol. The van der Waals surface area contributed by atoms with Crippen molar-refractivity contribution in [3.05, 3.63) is 48.0 Å². The second-order valence-corrected chi connectivity index (χ2v) is 6.59. The molecule has 6 heteroatoms. The van der Waals surface area contributed by atoms with E-state index in [0.717, 1.165) is 36.5 Å². The first-order valence-electron chi connectivity index (χ1n) is 8.78. The predicted octanol–water partition coefficient (Wildman–Crippen LogP) is 3.10. The molecule has 2 unspecified atom stereocenters. The zero-order valence-electron chi connectivity index (χ0n) is 15.1. The minimum Gasteiger partial charge on any atom is -0.497 e. The Balaban J connectivity index is 1.86. The van der Waals surface area contributed by atoms with Gasteiger partial charge in [0.25, 0.3) is 0 Å². The molecule has 2 aromatic rings. The number of imidazole rings is 1. The fourth-order valence-corrected chi connectivity index (χ4v) is 3.35. The first kappa shape index (κ1) is 17.3. The molecule has 1 N–H and O–H groups in total. The summed E-state index contributed by atoms with van der Waals surface area (Å²) in [5.74, 6) is 1.60. The zero-order chi connectivity index (χ0) is 17.8. The molecule has 0 spiro atoms. The molecule has 1 aliphatic rings. The van der Waals surface area contributed by atoms with Gasteiger partial charge >= 0.3 is 6.03 Å². The van der Waals surface area contributed by atoms with Gasteiger partial charge in [0.15, 0.2) is 0 Å². The molecule has 2 amide bonds. The van der Waals surface area contributed by atoms with Crippen molar-refractivity contribution in [1.29, 1.82) is 0 Å². The SMILES string of the molecule is COc1ccc(C(NC(=O)N2CCCCC2C)c2nccn2C)cc1. The smallest absolute Gasteiger partial charge is 0.318 e. The number of piperidine rings is 1. The Morgan fingerprint density at radius 2 is 2.08 bits per heavy atom. The van der Waals surface area contributed by atoms with E-state index < -0.39 is 0 Å². The number of aromatic nitrogens is 2. The van der Waals surface area contributed by atoms with Crippen molar-refractivity contribution >= 4 is 6.03 Å². The lowest BCUT2D eigenvalue weighted by atomic mass is 10.0. The first-order chi connectivity index (χ1) is 12.1. The Bertz CT molecular complexity index is 710. The number of hydrogen-bond acceptors (Lipinski definition) is 3. The largest absolute Gasteiger partial charge is 0.497 e. The van der Waals surface area contributed by atoms with Crippen LogP contribution in [-0.2, 0) is 7.05 Å². The van der Waals surface area contributed by atoms with Gasteiger partial charge < -0.3 is 19.5 Å². The molecule has 1 aromatic carbocycles. The van der Waals surface area contributed by atoms with Crippen LogP contribution in [-0.4, -0.2) is 40.2 Å². The van der Waals surface area contributed by atoms with Gasteiger partial charge in [-0.15, -0.1) is 0 Å². The van der Waals surface area contributed by atoms with Crippen LogP contribution in [0.25, 0.3) is 0 Å². The highest BCUT2D eigenvalue weighted by Crippen LogP contribution is 2.24. The Labute approximate surface area is 148 Å². The van der Waals surface area contributed by atoms with Crippen LogP contribution >= 0.6 is 0 Å². The van der Waals surface area contributed by atoms with Gasteiger partial charge in [0.05, 0.1) is 7.11 Å². The van der Waals surface area contributed by atoms with Crippen molar-refractivity contribution in [3.8, 4) is 5.75 Å². The lowest BCUT2D eigenvalue weighted by Crippen LogP contribution is -2.48. The topological polar surface area (TPSA) is 59.4 Å². The summed E-state index contributed by atoms with van der Waals surface area (Å²) in [4.78, 5) is 19.3. The number of carbonyl (C=O) groups is 1. The highest BCUT2D eigenvalue weighted by atomic mass is 16.5. The molecule has 134 valence electrons. The average Bonchev–Trinajstić information content (AvgIpc) is 3.06. The highest BCUT2D eigenvalue weighted by molar-refractivity contribution is 5.75. The Morgan fingerprint density at radius 1 is 1.32 bits per heavy atom. The third-order valence-corrected chi connectivity index (χ3v) is 4.90. The number of aryl methyl sites for hydroxylation is 1. The van der Waals surface area contributed by atoms with Gasteiger partial charge in [-0.1, -0.05) is 12.1 Å². The number of hydrogen-bond donors (Lipinski definition) is 1. The van der Waals surface area contributed by atoms with Gasteiger partial charge in [0.1, 0.15) is 17.6 Å². The van der Waals surface area contributed by atoms with E-state index >= 15 is 0 Å². The lowest BCUT2D eigenvalue weighted by molar-refractivity contribution is 0.155. The maximum atomic E-state index is 12.9. The quantitative estimate of drug-likeness (QED) is 0.929. The monoisotopic (exact) mass is 342 g/mol. The van der Waals surface area contributed by atoms with Gasteiger partial charge in [0, 0.05) is 32.0 Å². The van der Waals surface area contributed by atoms with Crippen molar-refractivity contribution in [2.24, 2.45) is 7.05 Å². The number of carbonyl (C=O) groups excluding carboxylic acids is 1. The molecule has 0 radical (unpaired) electrons. The molecule has 1 saturated heterocycles. The van der Waals surface area contributed by atoms with Gasteiger partial charge in [-0.05, 0) is 43.9 Å². The van der Waals surface area contributed by atoms with E-state index in [9.17, 15) is 4.79 Å². The summed E-state index contributed by atoms with van der Waals surface area (Å²) in [7, 11) is 3.58. The number of methoxy groups -OCH3 is 1. The van der Waals surface area contributed by atoms with E-state index in [1.165, 1.54) is 6.42 Å². The molecular formula is C19H26N4O2. The van der Waals surface area contributed by atoms with Crippen LogP contribution in [0.5, 0.6) is 5.75 Å². The molecule has 3 rings (SSSR count). The summed E-state index contributed by atoms with van der Waals surface area (Å²) in [5.41, 5.74) is 0.980. The fourth-order valence-electron chi connectivity index (χ4n) is 3.35. The number of rotatable bonds is 4. The van der Waals surface area contributed by atoms with E-state index in [1.54, 1.807) is 13.3 Å². The van der Waals surface area contributed by atoms with Crippen LogP contribution in [0.15, 0.2) is 36.7 Å². The summed E-state index contributed by atoms with van der Waals surface area (Å²) in [5, 5.41) is 3.18. The molecule has 0 saturated carbocycles. The summed E-state index contributed by atoms with van der Waals surface area (Å²) in [6.45, 7) is 2.92. The Morgan fingerprint density at radius 3 is 2.68 bits per heavy atom. The number of amides is 2. The number of benzene rings is 1. The number of nitrogens with zero attached hydrogens (tertiary/aromatic N) is 3. The van der Waals surface area contributed by atoms with Gasteiger partial charge in [-0.25, -0.2) is 9.78 Å². The first-order valence-corrected chi connectivity index (χ1v) is 8.78. The van der Waals surface area contributed by atoms with Crippen LogP contribution in [0.4, 0.5) is 4.79 Å². The van der Waals surface area contributed by atoms with Gasteiger partial charge in [0.2, 0.25) is 0 Å². The molecule has 0 bridgehead atoms. The second kappa shape index (κ2) is 7.59. The van der Waals surface area contributed by atoms with Crippen LogP contribution in [0.1, 0.15) is 43.6 Å². The molecule has 1 fully saturated rings. The summed E-state index contributed by atoms with van der Waals surface area (Å²) >= 11 is 0. The van der Waals surface area contributed by atoms with Crippen LogP contribution in [0.3, 0.4) is 0 Å². The molecule has 2 atom stereocenters. The van der Waals surface area contributed by atoms with Crippen LogP contribution < -0.4 is 10.1 Å². The van der Waals surface area contributed by atoms with E-state index in [0.29, 0.717) is 0 Å². The minimum atomic E-state index is -0.299. The van der Waals surface area contributed by atoms with Crippen LogP contribution in [0, 0.1) is 0 Å². The van der Waals surface area contributed by atoms with Crippen molar-refractivity contribution in [3.63, 3.8) is 0 Å². The van der Waals surface area contributed by atoms with Gasteiger partial charge in [-0.3, -0.25) is 0 Å². The van der Waals surface area contributed by atoms with Crippen LogP contribution in [0.2, 0.25) is 0 Å². The molecule has 6 nitrogen and oxygen atoms in total. The maximum Gasteiger partial charge on any atom is 0.318 e. The highest BCUT2D eigenvalue weighted by Gasteiger charge is 2.27. The predicted molar refractivity (Wildman–Crippen MR) is 96.6 cm³/mol. The van der Waals surface area contributed by atoms with Gasteiger partial charge in [-0.2, -0.15) is 0 Å². The van der Waals surface area contributed by atoms with Crippen molar-refractivity contribution in [2.45, 2.75) is 38.3 Å². The van der Waals surface area contributed by atoms with E-state index in [-0.39, 0.29) is 18.1 Å². The molecule has 1 aromatic heterocycles. The Hall–Kier alpha value is -2.50. The fraction of sp³-hybridized carbons (Fsp3) is 0.474. The average molecular weight is 342 g/mol. The molecule has 2 heterocycles. The number of likely N-dealkylation sites (tertiary alicyclic amines) is 1. The third-order valence-electron chi connectivity index (χ3n) is 4.90. The minimum absolute atomic E-state index is 0.0315. The standard InChI is InChI=1S/C19H26N4O2/c1-14-6-4-5-12-23(14)19(24)21-17(18-20-11-13-22(18)2)15-7-9-16(25-3)10-8-15/h7-11,13-14,17H,4-6,12H2,1-3H3,(H,21,24). The summed E-state index contributed by atoms with van der Waals surface area (Å²) in [6, 6.07) is 7.69. The maximum absolute atomic E-state index is 12.9. The third kappa shape index (κ3) is 3.78. The van der Waals surface area contributed by atoms with E-state index in [2.05, 4.69) is 17.2 Å².